The van der Waals surface area contributed by atoms with E-state index in [-0.39, 0.29) is 46.6 Å². The zero-order valence-corrected chi connectivity index (χ0v) is 10.7. The molecule has 1 rings (SSSR count). The number of hydrogen-bond acceptors (Lipinski definition) is 3. The number of nitro groups is 1. The molecule has 0 radical (unpaired) electrons. The molecule has 0 bridgehead atoms. The van der Waals surface area contributed by atoms with Crippen molar-refractivity contribution in [3.05, 3.63) is 33.3 Å². The molecule has 0 amide bonds. The Labute approximate surface area is 111 Å². The predicted molar refractivity (Wildman–Crippen MR) is 48.3 cm³/mol. The summed E-state index contributed by atoms with van der Waals surface area (Å²) in [5.74, 6) is 0. The van der Waals surface area contributed by atoms with Gasteiger partial charge in [-0.15, -0.1) is 0 Å². The molecule has 72 valence electrons. The van der Waals surface area contributed by atoms with E-state index in [1.165, 1.54) is 12.1 Å². The fraction of sp³-hybridized carbons (Fsp3) is 0. The van der Waals surface area contributed by atoms with Gasteiger partial charge in [-0.1, -0.05) is 11.6 Å². The van der Waals surface area contributed by atoms with Crippen molar-refractivity contribution >= 4 is 28.4 Å². The number of rotatable bonds is 2. The molecule has 1 atom stereocenters. The standard InChI is InChI=1S/C6H4ClNO4S.Na.H/c7-5-2-1-4(13(11)12)3-6(5)8(9)10;;/h1-3H,(H,11,12);;/q;+1;-1. The maximum Gasteiger partial charge on any atom is 1.00 e. The SMILES string of the molecule is O=[N+]([O-])c1cc(S(=O)O)ccc1Cl.[H-].[Na+]. The van der Waals surface area contributed by atoms with E-state index in [0.29, 0.717) is 0 Å². The molecule has 0 heterocycles. The molecule has 0 spiro atoms. The largest absolute Gasteiger partial charge is 1.00 e. The average Bonchev–Trinajstić information content (AvgIpc) is 2.04. The van der Waals surface area contributed by atoms with Crippen LogP contribution in [-0.2, 0) is 11.1 Å². The minimum Gasteiger partial charge on any atom is -1.00 e. The van der Waals surface area contributed by atoms with Crippen molar-refractivity contribution < 1.29 is 44.7 Å². The van der Waals surface area contributed by atoms with E-state index in [4.69, 9.17) is 16.2 Å². The summed E-state index contributed by atoms with van der Waals surface area (Å²) in [6, 6.07) is 3.44. The Bertz CT molecular complexity index is 391. The Morgan fingerprint density at radius 1 is 1.57 bits per heavy atom. The van der Waals surface area contributed by atoms with Crippen LogP contribution in [0.5, 0.6) is 0 Å². The third kappa shape index (κ3) is 3.30. The third-order valence-electron chi connectivity index (χ3n) is 1.32. The molecule has 0 aliphatic carbocycles. The predicted octanol–water partition coefficient (Wildman–Crippen LogP) is -1.05. The van der Waals surface area contributed by atoms with Gasteiger partial charge >= 0.3 is 29.6 Å². The minimum atomic E-state index is -2.23. The maximum atomic E-state index is 10.5. The number of hydrogen-bond donors (Lipinski definition) is 1. The second-order valence-corrected chi connectivity index (χ2v) is 3.50. The molecule has 1 aromatic carbocycles. The summed E-state index contributed by atoms with van der Waals surface area (Å²) in [6.45, 7) is 0. The Hall–Kier alpha value is 0.0200. The van der Waals surface area contributed by atoms with Crippen LogP contribution < -0.4 is 29.6 Å². The van der Waals surface area contributed by atoms with E-state index in [1.807, 2.05) is 0 Å². The van der Waals surface area contributed by atoms with Crippen LogP contribution in [0.3, 0.4) is 0 Å². The first-order chi connectivity index (χ1) is 6.02. The fourth-order valence-electron chi connectivity index (χ4n) is 0.741. The zero-order valence-electron chi connectivity index (χ0n) is 8.14. The second kappa shape index (κ2) is 5.79. The van der Waals surface area contributed by atoms with Gasteiger partial charge in [0.1, 0.15) is 5.02 Å². The smallest absolute Gasteiger partial charge is 1.00 e. The van der Waals surface area contributed by atoms with E-state index in [1.54, 1.807) is 0 Å². The molecular weight excluding hydrogens is 241 g/mol. The summed E-state index contributed by atoms with van der Waals surface area (Å²) in [4.78, 5) is 9.58. The van der Waals surface area contributed by atoms with Crippen LogP contribution in [-0.4, -0.2) is 13.7 Å². The normalized spacial score (nSPS) is 11.6. The van der Waals surface area contributed by atoms with E-state index in [2.05, 4.69) is 0 Å². The van der Waals surface area contributed by atoms with Crippen molar-refractivity contribution in [1.82, 2.24) is 0 Å². The van der Waals surface area contributed by atoms with Gasteiger partial charge in [-0.2, -0.15) is 0 Å². The molecule has 0 fully saturated rings. The molecule has 1 aromatic rings. The van der Waals surface area contributed by atoms with Gasteiger partial charge in [-0.25, -0.2) is 4.21 Å². The Morgan fingerprint density at radius 2 is 2.14 bits per heavy atom. The van der Waals surface area contributed by atoms with Crippen LogP contribution in [0.25, 0.3) is 0 Å². The van der Waals surface area contributed by atoms with Crippen molar-refractivity contribution in [1.29, 1.82) is 0 Å². The number of nitro benzene ring substituents is 1. The van der Waals surface area contributed by atoms with Crippen LogP contribution in [0.1, 0.15) is 1.43 Å². The number of benzene rings is 1. The quantitative estimate of drug-likeness (QED) is 0.312. The van der Waals surface area contributed by atoms with Gasteiger partial charge in [-0.05, 0) is 12.1 Å². The molecule has 0 aliphatic rings. The summed E-state index contributed by atoms with van der Waals surface area (Å²) in [5, 5.41) is 10.3. The van der Waals surface area contributed by atoms with Crippen LogP contribution >= 0.6 is 11.6 Å². The van der Waals surface area contributed by atoms with Gasteiger partial charge in [0, 0.05) is 6.07 Å². The average molecular weight is 246 g/mol. The molecule has 1 unspecified atom stereocenters. The molecule has 0 aromatic heterocycles. The van der Waals surface area contributed by atoms with Crippen molar-refractivity contribution in [3.8, 4) is 0 Å². The molecule has 8 heteroatoms. The van der Waals surface area contributed by atoms with Gasteiger partial charge in [0.25, 0.3) is 5.69 Å². The first-order valence-corrected chi connectivity index (χ1v) is 4.55. The number of nitrogens with zero attached hydrogens (tertiary/aromatic N) is 1. The van der Waals surface area contributed by atoms with Gasteiger partial charge in [0.2, 0.25) is 0 Å². The fourth-order valence-corrected chi connectivity index (χ4v) is 1.32. The summed E-state index contributed by atoms with van der Waals surface area (Å²) in [5.41, 5.74) is -0.374. The van der Waals surface area contributed by atoms with Crippen molar-refractivity contribution in [3.63, 3.8) is 0 Å². The summed E-state index contributed by atoms with van der Waals surface area (Å²) >= 11 is 3.25. The van der Waals surface area contributed by atoms with E-state index in [9.17, 15) is 14.3 Å². The zero-order chi connectivity index (χ0) is 10.0. The third-order valence-corrected chi connectivity index (χ3v) is 2.29. The molecule has 5 nitrogen and oxygen atoms in total. The number of halogens is 1. The van der Waals surface area contributed by atoms with Crippen molar-refractivity contribution in [2.24, 2.45) is 0 Å². The molecule has 0 saturated carbocycles. The first-order valence-electron chi connectivity index (χ1n) is 3.07. The first kappa shape index (κ1) is 14.0. The van der Waals surface area contributed by atoms with Crippen LogP contribution in [0.4, 0.5) is 5.69 Å². The van der Waals surface area contributed by atoms with Gasteiger partial charge in [0.15, 0.2) is 11.1 Å². The van der Waals surface area contributed by atoms with Crippen molar-refractivity contribution in [2.75, 3.05) is 0 Å². The Morgan fingerprint density at radius 3 is 2.57 bits per heavy atom. The summed E-state index contributed by atoms with van der Waals surface area (Å²) in [6.07, 6.45) is 0. The van der Waals surface area contributed by atoms with Gasteiger partial charge < -0.3 is 5.98 Å². The molecule has 0 aliphatic heterocycles. The second-order valence-electron chi connectivity index (χ2n) is 2.12. The van der Waals surface area contributed by atoms with Crippen LogP contribution in [0.2, 0.25) is 5.02 Å². The Balaban J connectivity index is 0. The van der Waals surface area contributed by atoms with Crippen LogP contribution in [0.15, 0.2) is 23.1 Å². The summed E-state index contributed by atoms with van der Waals surface area (Å²) in [7, 11) is 0. The monoisotopic (exact) mass is 245 g/mol. The van der Waals surface area contributed by atoms with Crippen LogP contribution in [0, 0.1) is 10.1 Å². The molecule has 14 heavy (non-hydrogen) atoms. The van der Waals surface area contributed by atoms with E-state index in [0.717, 1.165) is 6.07 Å². The summed E-state index contributed by atoms with van der Waals surface area (Å²) < 4.78 is 19.2. The van der Waals surface area contributed by atoms with Crippen molar-refractivity contribution in [2.45, 2.75) is 4.90 Å². The topological polar surface area (TPSA) is 80.4 Å². The van der Waals surface area contributed by atoms with E-state index >= 15 is 0 Å². The minimum absolute atomic E-state index is 0. The molecular formula is C6H5ClNNaO4S. The molecule has 0 saturated heterocycles. The Kier molecular flexibility index (Phi) is 5.80. The van der Waals surface area contributed by atoms with Gasteiger partial charge in [-0.3, -0.25) is 10.1 Å². The maximum absolute atomic E-state index is 10.5. The van der Waals surface area contributed by atoms with E-state index < -0.39 is 16.0 Å². The van der Waals surface area contributed by atoms with Gasteiger partial charge in [0.05, 0.1) is 9.82 Å². The molecule has 1 N–H and O–H groups in total.